The van der Waals surface area contributed by atoms with Crippen molar-refractivity contribution < 1.29 is 14.6 Å². The van der Waals surface area contributed by atoms with E-state index in [1.807, 2.05) is 23.1 Å². The van der Waals surface area contributed by atoms with Gasteiger partial charge in [0.05, 0.1) is 12.7 Å². The summed E-state index contributed by atoms with van der Waals surface area (Å²) in [5, 5.41) is 10.9. The van der Waals surface area contributed by atoms with Gasteiger partial charge in [0, 0.05) is 69.7 Å². The predicted molar refractivity (Wildman–Crippen MR) is 121 cm³/mol. The number of aliphatic hydroxyl groups is 1. The normalized spacial score (nSPS) is 21.2. The van der Waals surface area contributed by atoms with Crippen molar-refractivity contribution in [2.45, 2.75) is 45.6 Å². The first kappa shape index (κ1) is 23.0. The van der Waals surface area contributed by atoms with E-state index in [2.05, 4.69) is 23.6 Å². The maximum absolute atomic E-state index is 13.2. The third-order valence-corrected chi connectivity index (χ3v) is 6.23. The lowest BCUT2D eigenvalue weighted by Gasteiger charge is -2.35. The summed E-state index contributed by atoms with van der Waals surface area (Å²) >= 11 is 0. The van der Waals surface area contributed by atoms with Crippen LogP contribution in [-0.2, 0) is 4.74 Å². The van der Waals surface area contributed by atoms with Crippen LogP contribution in [0.2, 0.25) is 0 Å². The lowest BCUT2D eigenvalue weighted by atomic mass is 9.98. The number of hydrogen-bond acceptors (Lipinski definition) is 5. The average molecular weight is 418 g/mol. The van der Waals surface area contributed by atoms with Crippen molar-refractivity contribution in [2.24, 2.45) is 5.92 Å². The van der Waals surface area contributed by atoms with Gasteiger partial charge < -0.3 is 19.6 Å². The first-order valence-electron chi connectivity index (χ1n) is 11.6. The molecule has 2 heterocycles. The molecule has 1 N–H and O–H groups in total. The molecule has 0 aromatic heterocycles. The fourth-order valence-corrected chi connectivity index (χ4v) is 4.60. The quantitative estimate of drug-likeness (QED) is 0.771. The Morgan fingerprint density at radius 2 is 1.90 bits per heavy atom. The molecule has 6 nitrogen and oxygen atoms in total. The number of piperazine rings is 1. The molecule has 1 amide bonds. The number of benzene rings is 1. The standard InChI is InChI=1S/C24H39N3O3/c1-19(2)18-25-11-13-27(14-12-25)24(29)20-8-9-22-21(17-20)23(28)7-5-4-6-10-26(22)15-16-30-3/h8-9,17,19,23,28H,4-7,10-16,18H2,1-3H3. The van der Waals surface area contributed by atoms with Crippen LogP contribution in [0.1, 0.15) is 61.6 Å². The molecule has 1 atom stereocenters. The van der Waals surface area contributed by atoms with Crippen molar-refractivity contribution >= 4 is 11.6 Å². The molecular formula is C24H39N3O3. The van der Waals surface area contributed by atoms with Crippen molar-refractivity contribution in [3.05, 3.63) is 29.3 Å². The fourth-order valence-electron chi connectivity index (χ4n) is 4.60. The minimum Gasteiger partial charge on any atom is -0.388 e. The highest BCUT2D eigenvalue weighted by atomic mass is 16.5. The van der Waals surface area contributed by atoms with Crippen LogP contribution in [-0.4, -0.2) is 80.3 Å². The van der Waals surface area contributed by atoms with Gasteiger partial charge in [-0.05, 0) is 37.0 Å². The highest BCUT2D eigenvalue weighted by Crippen LogP contribution is 2.33. The summed E-state index contributed by atoms with van der Waals surface area (Å²) in [5.41, 5.74) is 2.62. The number of carbonyl (C=O) groups is 1. The summed E-state index contributed by atoms with van der Waals surface area (Å²) < 4.78 is 5.29. The molecule has 1 aromatic rings. The van der Waals surface area contributed by atoms with Gasteiger partial charge >= 0.3 is 0 Å². The van der Waals surface area contributed by atoms with Crippen molar-refractivity contribution in [3.63, 3.8) is 0 Å². The van der Waals surface area contributed by atoms with E-state index in [9.17, 15) is 9.90 Å². The van der Waals surface area contributed by atoms with Crippen LogP contribution in [0.5, 0.6) is 0 Å². The number of fused-ring (bicyclic) bond motifs is 1. The van der Waals surface area contributed by atoms with E-state index < -0.39 is 6.10 Å². The number of nitrogens with zero attached hydrogens (tertiary/aromatic N) is 3. The SMILES string of the molecule is COCCN1CCCCCC(O)c2cc(C(=O)N3CCN(CC(C)C)CC3)ccc21. The van der Waals surface area contributed by atoms with Crippen molar-refractivity contribution in [3.8, 4) is 0 Å². The van der Waals surface area contributed by atoms with Gasteiger partial charge in [-0.15, -0.1) is 0 Å². The maximum atomic E-state index is 13.2. The minimum atomic E-state index is -0.529. The molecule has 30 heavy (non-hydrogen) atoms. The van der Waals surface area contributed by atoms with Gasteiger partial charge in [-0.3, -0.25) is 9.69 Å². The third kappa shape index (κ3) is 5.96. The molecule has 0 radical (unpaired) electrons. The highest BCUT2D eigenvalue weighted by molar-refractivity contribution is 5.95. The Balaban J connectivity index is 1.77. The average Bonchev–Trinajstić information content (AvgIpc) is 2.81. The van der Waals surface area contributed by atoms with Crippen LogP contribution in [0.4, 0.5) is 5.69 Å². The second kappa shape index (κ2) is 11.1. The van der Waals surface area contributed by atoms with Gasteiger partial charge in [-0.2, -0.15) is 0 Å². The summed E-state index contributed by atoms with van der Waals surface area (Å²) in [7, 11) is 1.72. The smallest absolute Gasteiger partial charge is 0.253 e. The molecule has 6 heteroatoms. The number of carbonyl (C=O) groups excluding carboxylic acids is 1. The van der Waals surface area contributed by atoms with Gasteiger partial charge in [-0.1, -0.05) is 26.7 Å². The number of aliphatic hydroxyl groups excluding tert-OH is 1. The van der Waals surface area contributed by atoms with Gasteiger partial charge in [0.2, 0.25) is 0 Å². The molecule has 0 bridgehead atoms. The summed E-state index contributed by atoms with van der Waals surface area (Å²) in [6.07, 6.45) is 3.45. The number of amides is 1. The fraction of sp³-hybridized carbons (Fsp3) is 0.708. The minimum absolute atomic E-state index is 0.0810. The molecule has 0 aliphatic carbocycles. The zero-order valence-corrected chi connectivity index (χ0v) is 19.0. The number of ether oxygens (including phenoxy) is 1. The van der Waals surface area contributed by atoms with E-state index in [4.69, 9.17) is 4.74 Å². The van der Waals surface area contributed by atoms with Crippen molar-refractivity contribution in [1.29, 1.82) is 0 Å². The Morgan fingerprint density at radius 3 is 2.60 bits per heavy atom. The monoisotopic (exact) mass is 417 g/mol. The largest absolute Gasteiger partial charge is 0.388 e. The molecule has 168 valence electrons. The van der Waals surface area contributed by atoms with E-state index in [0.29, 0.717) is 18.1 Å². The van der Waals surface area contributed by atoms with E-state index in [0.717, 1.165) is 82.7 Å². The Bertz CT molecular complexity index is 686. The first-order valence-corrected chi connectivity index (χ1v) is 11.6. The lowest BCUT2D eigenvalue weighted by Crippen LogP contribution is -2.49. The summed E-state index contributed by atoms with van der Waals surface area (Å²) in [4.78, 5) is 19.9. The van der Waals surface area contributed by atoms with Gasteiger partial charge in [0.15, 0.2) is 0 Å². The number of anilines is 1. The third-order valence-electron chi connectivity index (χ3n) is 6.23. The van der Waals surface area contributed by atoms with Crippen molar-refractivity contribution in [1.82, 2.24) is 9.80 Å². The van der Waals surface area contributed by atoms with Crippen LogP contribution in [0.3, 0.4) is 0 Å². The molecule has 2 aliphatic rings. The molecule has 1 fully saturated rings. The summed E-state index contributed by atoms with van der Waals surface area (Å²) in [6.45, 7) is 11.4. The Kier molecular flexibility index (Phi) is 8.54. The molecule has 3 rings (SSSR count). The Labute approximate surface area is 181 Å². The van der Waals surface area contributed by atoms with Crippen LogP contribution >= 0.6 is 0 Å². The van der Waals surface area contributed by atoms with E-state index in [-0.39, 0.29) is 5.91 Å². The molecule has 1 unspecified atom stereocenters. The molecule has 0 spiro atoms. The molecule has 2 aliphatic heterocycles. The molecule has 0 saturated carbocycles. The number of methoxy groups -OCH3 is 1. The van der Waals surface area contributed by atoms with Gasteiger partial charge in [-0.25, -0.2) is 0 Å². The van der Waals surface area contributed by atoms with Crippen LogP contribution in [0, 0.1) is 5.92 Å². The molecular weight excluding hydrogens is 378 g/mol. The Hall–Kier alpha value is -1.63. The van der Waals surface area contributed by atoms with E-state index in [1.54, 1.807) is 7.11 Å². The second-order valence-corrected chi connectivity index (χ2v) is 9.11. The highest BCUT2D eigenvalue weighted by Gasteiger charge is 2.25. The summed E-state index contributed by atoms with van der Waals surface area (Å²) in [5.74, 6) is 0.727. The van der Waals surface area contributed by atoms with Crippen LogP contribution in [0.25, 0.3) is 0 Å². The number of rotatable bonds is 6. The zero-order valence-electron chi connectivity index (χ0n) is 19.0. The van der Waals surface area contributed by atoms with Gasteiger partial charge in [0.25, 0.3) is 5.91 Å². The summed E-state index contributed by atoms with van der Waals surface area (Å²) in [6, 6.07) is 5.90. The van der Waals surface area contributed by atoms with Gasteiger partial charge in [0.1, 0.15) is 0 Å². The lowest BCUT2D eigenvalue weighted by molar-refractivity contribution is 0.0623. The number of hydrogen-bond donors (Lipinski definition) is 1. The molecule has 1 saturated heterocycles. The van der Waals surface area contributed by atoms with Crippen molar-refractivity contribution in [2.75, 3.05) is 64.4 Å². The molecule has 1 aromatic carbocycles. The maximum Gasteiger partial charge on any atom is 0.253 e. The first-order chi connectivity index (χ1) is 14.5. The van der Waals surface area contributed by atoms with E-state index >= 15 is 0 Å². The van der Waals surface area contributed by atoms with Crippen LogP contribution in [0.15, 0.2) is 18.2 Å². The predicted octanol–water partition coefficient (Wildman–Crippen LogP) is 3.16. The zero-order chi connectivity index (χ0) is 21.5. The van der Waals surface area contributed by atoms with E-state index in [1.165, 1.54) is 0 Å². The van der Waals surface area contributed by atoms with Crippen LogP contribution < -0.4 is 4.90 Å². The Morgan fingerprint density at radius 1 is 1.13 bits per heavy atom. The second-order valence-electron chi connectivity index (χ2n) is 9.11. The topological polar surface area (TPSA) is 56.3 Å².